The third-order valence-electron chi connectivity index (χ3n) is 2.53. The van der Waals surface area contributed by atoms with E-state index in [0.29, 0.717) is 6.42 Å². The fourth-order valence-electron chi connectivity index (χ4n) is 1.43. The summed E-state index contributed by atoms with van der Waals surface area (Å²) in [6.45, 7) is 0.116. The molecule has 18 heavy (non-hydrogen) atoms. The lowest BCUT2D eigenvalue weighted by Gasteiger charge is -2.08. The number of carbonyl (C=O) groups excluding carboxylic acids is 1. The van der Waals surface area contributed by atoms with Gasteiger partial charge < -0.3 is 9.47 Å². The molecule has 0 saturated heterocycles. The molecule has 1 aliphatic rings. The van der Waals surface area contributed by atoms with Crippen LogP contribution >= 0.6 is 23.2 Å². The molecule has 0 heterocycles. The lowest BCUT2D eigenvalue weighted by molar-refractivity contribution is -0.145. The van der Waals surface area contributed by atoms with E-state index in [0.717, 1.165) is 0 Å². The average molecular weight is 293 g/mol. The molecule has 0 aliphatic heterocycles. The van der Waals surface area contributed by atoms with Crippen molar-refractivity contribution >= 4 is 29.2 Å². The second-order valence-electron chi connectivity index (χ2n) is 3.96. The summed E-state index contributed by atoms with van der Waals surface area (Å²) in [5.74, 6) is -1.23. The van der Waals surface area contributed by atoms with Gasteiger partial charge in [-0.25, -0.2) is 4.39 Å². The molecule has 0 radical (unpaired) electrons. The normalized spacial score (nSPS) is 20.3. The standard InChI is InChI=1S/C12H11Cl2FO3/c13-12(14)7-8(12)11(16)18-6-5-17-10-4-2-1-3-9(10)15/h1-4,8H,5-7H2. The van der Waals surface area contributed by atoms with Gasteiger partial charge in [0.05, 0.1) is 5.92 Å². The van der Waals surface area contributed by atoms with E-state index >= 15 is 0 Å². The van der Waals surface area contributed by atoms with Gasteiger partial charge in [-0.2, -0.15) is 0 Å². The van der Waals surface area contributed by atoms with Gasteiger partial charge in [0.15, 0.2) is 11.6 Å². The zero-order valence-corrected chi connectivity index (χ0v) is 10.9. The first kappa shape index (κ1) is 13.4. The van der Waals surface area contributed by atoms with E-state index in [1.165, 1.54) is 12.1 Å². The summed E-state index contributed by atoms with van der Waals surface area (Å²) in [5, 5.41) is 0. The smallest absolute Gasteiger partial charge is 0.312 e. The summed E-state index contributed by atoms with van der Waals surface area (Å²) in [6, 6.07) is 6.02. The van der Waals surface area contributed by atoms with Crippen LogP contribution in [0.15, 0.2) is 24.3 Å². The number of hydrogen-bond donors (Lipinski definition) is 0. The van der Waals surface area contributed by atoms with Crippen LogP contribution in [0.2, 0.25) is 0 Å². The minimum Gasteiger partial charge on any atom is -0.487 e. The Bertz CT molecular complexity index is 451. The van der Waals surface area contributed by atoms with Crippen LogP contribution in [0, 0.1) is 11.7 Å². The maximum absolute atomic E-state index is 13.1. The molecule has 1 unspecified atom stereocenters. The van der Waals surface area contributed by atoms with Crippen LogP contribution in [0.1, 0.15) is 6.42 Å². The van der Waals surface area contributed by atoms with Crippen molar-refractivity contribution < 1.29 is 18.7 Å². The van der Waals surface area contributed by atoms with Crippen molar-refractivity contribution in [3.63, 3.8) is 0 Å². The second-order valence-corrected chi connectivity index (χ2v) is 5.51. The van der Waals surface area contributed by atoms with Crippen molar-refractivity contribution in [2.24, 2.45) is 5.92 Å². The predicted molar refractivity (Wildman–Crippen MR) is 65.4 cm³/mol. The van der Waals surface area contributed by atoms with E-state index in [-0.39, 0.29) is 19.0 Å². The molecule has 1 aromatic carbocycles. The number of carbonyl (C=O) groups is 1. The Morgan fingerprint density at radius 3 is 2.67 bits per heavy atom. The number of rotatable bonds is 5. The van der Waals surface area contributed by atoms with Gasteiger partial charge in [-0.3, -0.25) is 4.79 Å². The van der Waals surface area contributed by atoms with Gasteiger partial charge >= 0.3 is 5.97 Å². The Balaban J connectivity index is 1.68. The van der Waals surface area contributed by atoms with E-state index in [1.807, 2.05) is 0 Å². The number of hydrogen-bond acceptors (Lipinski definition) is 3. The van der Waals surface area contributed by atoms with Crippen molar-refractivity contribution in [2.75, 3.05) is 13.2 Å². The molecule has 0 spiro atoms. The van der Waals surface area contributed by atoms with Crippen LogP contribution in [-0.2, 0) is 9.53 Å². The molecule has 0 amide bonds. The summed E-state index contributed by atoms with van der Waals surface area (Å²) in [5.41, 5.74) is 0. The Morgan fingerprint density at radius 1 is 1.39 bits per heavy atom. The maximum atomic E-state index is 13.1. The zero-order valence-electron chi connectivity index (χ0n) is 9.37. The van der Waals surface area contributed by atoms with E-state index in [4.69, 9.17) is 32.7 Å². The number of esters is 1. The van der Waals surface area contributed by atoms with Crippen LogP contribution in [0.4, 0.5) is 4.39 Å². The number of halogens is 3. The van der Waals surface area contributed by atoms with Crippen molar-refractivity contribution in [2.45, 2.75) is 10.8 Å². The van der Waals surface area contributed by atoms with Crippen LogP contribution in [0.5, 0.6) is 5.75 Å². The van der Waals surface area contributed by atoms with Gasteiger partial charge in [0, 0.05) is 0 Å². The minimum absolute atomic E-state index is 0.0352. The Kier molecular flexibility index (Phi) is 3.97. The molecule has 3 nitrogen and oxygen atoms in total. The van der Waals surface area contributed by atoms with Crippen LogP contribution < -0.4 is 4.74 Å². The molecular formula is C12H11Cl2FO3. The molecule has 1 aliphatic carbocycles. The van der Waals surface area contributed by atoms with Crippen molar-refractivity contribution in [3.8, 4) is 5.75 Å². The SMILES string of the molecule is O=C(OCCOc1ccccc1F)C1CC1(Cl)Cl. The summed E-state index contributed by atoms with van der Waals surface area (Å²) < 4.78 is 22.2. The molecule has 1 saturated carbocycles. The number of alkyl halides is 2. The number of para-hydroxylation sites is 1. The van der Waals surface area contributed by atoms with Crippen molar-refractivity contribution in [1.82, 2.24) is 0 Å². The monoisotopic (exact) mass is 292 g/mol. The molecule has 1 aromatic rings. The van der Waals surface area contributed by atoms with Gasteiger partial charge in [0.25, 0.3) is 0 Å². The Labute approximate surface area is 114 Å². The van der Waals surface area contributed by atoms with Gasteiger partial charge in [-0.1, -0.05) is 12.1 Å². The first-order valence-corrected chi connectivity index (χ1v) is 6.18. The fourth-order valence-corrected chi connectivity index (χ4v) is 1.91. The molecule has 0 N–H and O–H groups in total. The lowest BCUT2D eigenvalue weighted by Crippen LogP contribution is -2.15. The summed E-state index contributed by atoms with van der Waals surface area (Å²) in [7, 11) is 0. The van der Waals surface area contributed by atoms with E-state index < -0.39 is 22.0 Å². The Hall–Kier alpha value is -1.000. The summed E-state index contributed by atoms with van der Waals surface area (Å²) in [6.07, 6.45) is 0.406. The lowest BCUT2D eigenvalue weighted by atomic mass is 10.3. The summed E-state index contributed by atoms with van der Waals surface area (Å²) >= 11 is 11.4. The topological polar surface area (TPSA) is 35.5 Å². The van der Waals surface area contributed by atoms with E-state index in [9.17, 15) is 9.18 Å². The number of ether oxygens (including phenoxy) is 2. The molecule has 6 heteroatoms. The first-order chi connectivity index (χ1) is 8.50. The third-order valence-corrected chi connectivity index (χ3v) is 3.37. The largest absolute Gasteiger partial charge is 0.487 e. The highest BCUT2D eigenvalue weighted by Crippen LogP contribution is 2.53. The fraction of sp³-hybridized carbons (Fsp3) is 0.417. The molecule has 0 aromatic heterocycles. The molecule has 1 atom stereocenters. The van der Waals surface area contributed by atoms with E-state index in [1.54, 1.807) is 12.1 Å². The second kappa shape index (κ2) is 5.33. The maximum Gasteiger partial charge on any atom is 0.312 e. The van der Waals surface area contributed by atoms with Gasteiger partial charge in [0.1, 0.15) is 17.5 Å². The first-order valence-electron chi connectivity index (χ1n) is 5.42. The molecular weight excluding hydrogens is 282 g/mol. The molecule has 98 valence electrons. The van der Waals surface area contributed by atoms with Crippen molar-refractivity contribution in [1.29, 1.82) is 0 Å². The molecule has 2 rings (SSSR count). The highest BCUT2D eigenvalue weighted by atomic mass is 35.5. The van der Waals surface area contributed by atoms with Crippen LogP contribution in [-0.4, -0.2) is 23.5 Å². The van der Waals surface area contributed by atoms with Crippen LogP contribution in [0.25, 0.3) is 0 Å². The van der Waals surface area contributed by atoms with Gasteiger partial charge in [-0.05, 0) is 18.6 Å². The zero-order chi connectivity index (χ0) is 13.2. The summed E-state index contributed by atoms with van der Waals surface area (Å²) in [4.78, 5) is 11.4. The highest BCUT2D eigenvalue weighted by molar-refractivity contribution is 6.52. The minimum atomic E-state index is -0.983. The molecule has 0 bridgehead atoms. The molecule has 1 fully saturated rings. The third kappa shape index (κ3) is 3.27. The average Bonchev–Trinajstić information content (AvgIpc) is 2.96. The Morgan fingerprint density at radius 2 is 2.06 bits per heavy atom. The highest BCUT2D eigenvalue weighted by Gasteiger charge is 2.57. The van der Waals surface area contributed by atoms with Gasteiger partial charge in [-0.15, -0.1) is 23.2 Å². The van der Waals surface area contributed by atoms with Crippen molar-refractivity contribution in [3.05, 3.63) is 30.1 Å². The number of benzene rings is 1. The van der Waals surface area contributed by atoms with Gasteiger partial charge in [0.2, 0.25) is 0 Å². The van der Waals surface area contributed by atoms with Crippen LogP contribution in [0.3, 0.4) is 0 Å². The predicted octanol–water partition coefficient (Wildman–Crippen LogP) is 2.94. The quantitative estimate of drug-likeness (QED) is 0.475. The van der Waals surface area contributed by atoms with E-state index in [2.05, 4.69) is 0 Å².